The lowest BCUT2D eigenvalue weighted by Crippen LogP contribution is -2.45. The highest BCUT2D eigenvalue weighted by Crippen LogP contribution is 2.43. The van der Waals surface area contributed by atoms with Crippen molar-refractivity contribution in [2.24, 2.45) is 0 Å². The molecule has 3 amide bonds. The van der Waals surface area contributed by atoms with Crippen molar-refractivity contribution in [1.82, 2.24) is 15.1 Å². The Labute approximate surface area is 203 Å². The van der Waals surface area contributed by atoms with Gasteiger partial charge in [0.1, 0.15) is 11.6 Å². The van der Waals surface area contributed by atoms with E-state index < -0.39 is 11.8 Å². The molecule has 4 heterocycles. The van der Waals surface area contributed by atoms with E-state index in [1.807, 2.05) is 0 Å². The van der Waals surface area contributed by atoms with Crippen molar-refractivity contribution in [2.75, 3.05) is 17.2 Å². The molecule has 3 aliphatic heterocycles. The number of hydrogen-bond acceptors (Lipinski definition) is 5. The number of ether oxygens (including phenoxy) is 1. The first-order chi connectivity index (χ1) is 16.9. The van der Waals surface area contributed by atoms with Crippen LogP contribution in [0.2, 0.25) is 5.02 Å². The summed E-state index contributed by atoms with van der Waals surface area (Å²) in [7, 11) is 0. The van der Waals surface area contributed by atoms with E-state index in [0.717, 1.165) is 12.0 Å². The number of carbonyl (C=O) groups is 2. The monoisotopic (exact) mass is 495 g/mol. The smallest absolute Gasteiger partial charge is 0.322 e. The van der Waals surface area contributed by atoms with Gasteiger partial charge in [0.05, 0.1) is 28.1 Å². The van der Waals surface area contributed by atoms with Gasteiger partial charge in [-0.2, -0.15) is 5.10 Å². The van der Waals surface area contributed by atoms with Gasteiger partial charge in [0.2, 0.25) is 0 Å². The second-order valence-corrected chi connectivity index (χ2v) is 9.20. The fraction of sp³-hybridized carbons (Fsp3) is 0.250. The second kappa shape index (κ2) is 8.09. The summed E-state index contributed by atoms with van der Waals surface area (Å²) in [6, 6.07) is 8.37. The van der Waals surface area contributed by atoms with Crippen LogP contribution in [0.15, 0.2) is 41.2 Å². The Morgan fingerprint density at radius 3 is 2.91 bits per heavy atom. The zero-order valence-electron chi connectivity index (χ0n) is 18.2. The first-order valence-electron chi connectivity index (χ1n) is 11.1. The minimum absolute atomic E-state index is 0.0435. The zero-order valence-corrected chi connectivity index (χ0v) is 19.0. The van der Waals surface area contributed by atoms with Gasteiger partial charge < -0.3 is 20.3 Å². The number of rotatable bonds is 2. The third kappa shape index (κ3) is 3.70. The molecule has 2 aromatic carbocycles. The van der Waals surface area contributed by atoms with Gasteiger partial charge in [-0.25, -0.2) is 14.3 Å². The fourth-order valence-corrected chi connectivity index (χ4v) is 5.38. The molecule has 0 aliphatic carbocycles. The highest BCUT2D eigenvalue weighted by Gasteiger charge is 2.44. The summed E-state index contributed by atoms with van der Waals surface area (Å²) in [5.41, 5.74) is 2.67. The highest BCUT2D eigenvalue weighted by molar-refractivity contribution is 6.33. The molecule has 1 aromatic heterocycles. The molecular weight excluding hydrogens is 477 g/mol. The molecule has 2 bridgehead atoms. The standard InChI is InChI=1S/C24H19ClFN5O4/c25-15-9-17(16(26)8-14(15)11-1-4-20-18(6-11)27-22(33)10-35-20)28-24(34)31-13-2-3-19(31)23-12(5-13)7-21(32)29-30-23/h1,4,6-9,13,19H,2-3,5,10H2,(H,27,33)(H,28,34)(H,29,32)/t13-,19+/m0/s1. The van der Waals surface area contributed by atoms with E-state index >= 15 is 4.39 Å². The molecule has 0 spiro atoms. The summed E-state index contributed by atoms with van der Waals surface area (Å²) >= 11 is 6.47. The van der Waals surface area contributed by atoms with Crippen molar-refractivity contribution < 1.29 is 18.7 Å². The number of anilines is 2. The molecule has 3 N–H and O–H groups in total. The van der Waals surface area contributed by atoms with E-state index in [1.165, 1.54) is 18.2 Å². The SMILES string of the molecule is O=C1COc2ccc(-c3cc(F)c(NC(=O)N4[C@H]5CC[C@@H]4c4n[nH]c(=O)cc4C5)cc3Cl)cc2N1. The van der Waals surface area contributed by atoms with Crippen LogP contribution in [0.3, 0.4) is 0 Å². The maximum absolute atomic E-state index is 15.1. The number of H-pyrrole nitrogens is 1. The third-order valence-corrected chi connectivity index (χ3v) is 6.96. The highest BCUT2D eigenvalue weighted by atomic mass is 35.5. The van der Waals surface area contributed by atoms with Crippen LogP contribution in [0.1, 0.15) is 30.1 Å². The number of hydrogen-bond donors (Lipinski definition) is 3. The number of nitrogens with one attached hydrogen (secondary N) is 3. The lowest BCUT2D eigenvalue weighted by molar-refractivity contribution is -0.118. The zero-order chi connectivity index (χ0) is 24.3. The average Bonchev–Trinajstić information content (AvgIpc) is 3.15. The molecule has 3 aliphatic rings. The van der Waals surface area contributed by atoms with Gasteiger partial charge in [-0.15, -0.1) is 0 Å². The van der Waals surface area contributed by atoms with Gasteiger partial charge in [-0.05, 0) is 54.7 Å². The van der Waals surface area contributed by atoms with E-state index in [-0.39, 0.29) is 40.9 Å². The number of fused-ring (bicyclic) bond motifs is 5. The first-order valence-corrected chi connectivity index (χ1v) is 11.5. The summed E-state index contributed by atoms with van der Waals surface area (Å²) in [4.78, 5) is 38.1. The van der Waals surface area contributed by atoms with Crippen LogP contribution in [0, 0.1) is 5.82 Å². The van der Waals surface area contributed by atoms with Gasteiger partial charge in [-0.1, -0.05) is 17.7 Å². The average molecular weight is 496 g/mol. The van der Waals surface area contributed by atoms with Crippen molar-refractivity contribution in [3.63, 3.8) is 0 Å². The Kier molecular flexibility index (Phi) is 4.99. The Balaban J connectivity index is 1.26. The molecule has 9 nitrogen and oxygen atoms in total. The van der Waals surface area contributed by atoms with Crippen LogP contribution in [-0.4, -0.2) is 39.7 Å². The number of carbonyl (C=O) groups excluding carboxylic acids is 2. The van der Waals surface area contributed by atoms with Crippen LogP contribution in [0.5, 0.6) is 5.75 Å². The van der Waals surface area contributed by atoms with E-state index in [4.69, 9.17) is 16.3 Å². The normalized spacial score (nSPS) is 19.9. The predicted molar refractivity (Wildman–Crippen MR) is 126 cm³/mol. The van der Waals surface area contributed by atoms with Crippen LogP contribution in [-0.2, 0) is 11.2 Å². The Bertz CT molecular complexity index is 1460. The summed E-state index contributed by atoms with van der Waals surface area (Å²) in [6.07, 6.45) is 2.01. The van der Waals surface area contributed by atoms with Crippen molar-refractivity contribution >= 4 is 34.9 Å². The number of amides is 3. The van der Waals surface area contributed by atoms with Gasteiger partial charge in [0, 0.05) is 17.7 Å². The van der Waals surface area contributed by atoms with Gasteiger partial charge >= 0.3 is 6.03 Å². The molecule has 1 fully saturated rings. The lowest BCUT2D eigenvalue weighted by Gasteiger charge is -2.35. The number of nitrogens with zero attached hydrogens (tertiary/aromatic N) is 2. The first kappa shape index (κ1) is 21.6. The van der Waals surface area contributed by atoms with Crippen molar-refractivity contribution in [1.29, 1.82) is 0 Å². The molecule has 3 aromatic rings. The van der Waals surface area contributed by atoms with E-state index in [2.05, 4.69) is 20.8 Å². The Morgan fingerprint density at radius 2 is 2.06 bits per heavy atom. The molecule has 178 valence electrons. The Morgan fingerprint density at radius 1 is 1.20 bits per heavy atom. The van der Waals surface area contributed by atoms with E-state index in [1.54, 1.807) is 23.1 Å². The van der Waals surface area contributed by atoms with Crippen LogP contribution in [0.4, 0.5) is 20.6 Å². The minimum atomic E-state index is -0.650. The van der Waals surface area contributed by atoms with Crippen LogP contribution in [0.25, 0.3) is 11.1 Å². The van der Waals surface area contributed by atoms with Crippen molar-refractivity contribution in [3.8, 4) is 16.9 Å². The molecule has 35 heavy (non-hydrogen) atoms. The second-order valence-electron chi connectivity index (χ2n) is 8.79. The maximum Gasteiger partial charge on any atom is 0.322 e. The van der Waals surface area contributed by atoms with E-state index in [0.29, 0.717) is 41.1 Å². The summed E-state index contributed by atoms with van der Waals surface area (Å²) in [5, 5.41) is 12.2. The molecular formula is C24H19ClFN5O4. The molecule has 0 saturated carbocycles. The summed E-state index contributed by atoms with van der Waals surface area (Å²) in [6.45, 7) is -0.0611. The molecule has 0 radical (unpaired) electrons. The molecule has 6 rings (SSSR count). The summed E-state index contributed by atoms with van der Waals surface area (Å²) < 4.78 is 20.5. The maximum atomic E-state index is 15.1. The number of benzene rings is 2. The molecule has 11 heteroatoms. The Hall–Kier alpha value is -3.92. The third-order valence-electron chi connectivity index (χ3n) is 6.65. The van der Waals surface area contributed by atoms with Gasteiger partial charge in [0.25, 0.3) is 11.5 Å². The molecule has 2 atom stereocenters. The number of aromatic nitrogens is 2. The fourth-order valence-electron chi connectivity index (χ4n) is 5.11. The lowest BCUT2D eigenvalue weighted by atomic mass is 9.99. The largest absolute Gasteiger partial charge is 0.482 e. The van der Waals surface area contributed by atoms with Crippen LogP contribution < -0.4 is 20.9 Å². The summed E-state index contributed by atoms with van der Waals surface area (Å²) in [5.74, 6) is -0.408. The molecule has 0 unspecified atom stereocenters. The molecule has 1 saturated heterocycles. The van der Waals surface area contributed by atoms with Gasteiger partial charge in [-0.3, -0.25) is 9.59 Å². The quantitative estimate of drug-likeness (QED) is 0.499. The number of halogens is 2. The van der Waals surface area contributed by atoms with Gasteiger partial charge in [0.15, 0.2) is 6.61 Å². The minimum Gasteiger partial charge on any atom is -0.482 e. The van der Waals surface area contributed by atoms with Crippen LogP contribution >= 0.6 is 11.6 Å². The number of urea groups is 1. The van der Waals surface area contributed by atoms with Crippen molar-refractivity contribution in [2.45, 2.75) is 31.3 Å². The van der Waals surface area contributed by atoms with E-state index in [9.17, 15) is 14.4 Å². The predicted octanol–water partition coefficient (Wildman–Crippen LogP) is 3.85. The number of aromatic amines is 1. The topological polar surface area (TPSA) is 116 Å². The van der Waals surface area contributed by atoms with Crippen molar-refractivity contribution in [3.05, 3.63) is 68.8 Å².